The average molecular weight is 470 g/mol. The van der Waals surface area contributed by atoms with Crippen LogP contribution in [0.3, 0.4) is 0 Å². The summed E-state index contributed by atoms with van der Waals surface area (Å²) >= 11 is 0. The smallest absolute Gasteiger partial charge is 0.338 e. The van der Waals surface area contributed by atoms with E-state index >= 15 is 0 Å². The number of fused-ring (bicyclic) bond motifs is 1. The zero-order valence-electron chi connectivity index (χ0n) is 20.2. The lowest BCUT2D eigenvalue weighted by molar-refractivity contribution is 0.0526. The average Bonchev–Trinajstić information content (AvgIpc) is 3.57. The number of H-pyrrole nitrogens is 1. The van der Waals surface area contributed by atoms with Crippen molar-refractivity contribution in [2.45, 2.75) is 39.2 Å². The van der Waals surface area contributed by atoms with Gasteiger partial charge >= 0.3 is 5.97 Å². The minimum atomic E-state index is -0.418. The van der Waals surface area contributed by atoms with Crippen molar-refractivity contribution in [1.29, 1.82) is 0 Å². The molecule has 0 saturated heterocycles. The molecule has 0 bridgehead atoms. The van der Waals surface area contributed by atoms with Crippen LogP contribution in [0.4, 0.5) is 5.69 Å². The highest BCUT2D eigenvalue weighted by molar-refractivity contribution is 6.11. The van der Waals surface area contributed by atoms with Gasteiger partial charge in [-0.05, 0) is 59.9 Å². The first kappa shape index (κ1) is 22.7. The molecule has 0 fully saturated rings. The van der Waals surface area contributed by atoms with Gasteiger partial charge in [-0.1, -0.05) is 45.0 Å². The number of furan rings is 1. The summed E-state index contributed by atoms with van der Waals surface area (Å²) in [6, 6.07) is 18.4. The molecule has 0 unspecified atom stereocenters. The van der Waals surface area contributed by atoms with Crippen molar-refractivity contribution in [2.24, 2.45) is 0 Å². The van der Waals surface area contributed by atoms with E-state index in [0.717, 1.165) is 11.1 Å². The number of ether oxygens (including phenoxy) is 1. The third-order valence-corrected chi connectivity index (χ3v) is 6.27. The summed E-state index contributed by atoms with van der Waals surface area (Å²) in [5, 5.41) is 7.36. The van der Waals surface area contributed by atoms with Gasteiger partial charge in [0.25, 0.3) is 5.91 Å². The van der Waals surface area contributed by atoms with Gasteiger partial charge in [0, 0.05) is 11.3 Å². The van der Waals surface area contributed by atoms with Crippen molar-refractivity contribution in [3.05, 3.63) is 94.9 Å². The molecule has 35 heavy (non-hydrogen) atoms. The second-order valence-electron chi connectivity index (χ2n) is 9.56. The number of hydrogen-bond acceptors (Lipinski definition) is 5. The van der Waals surface area contributed by atoms with Crippen LogP contribution in [-0.4, -0.2) is 28.7 Å². The van der Waals surface area contributed by atoms with E-state index in [1.807, 2.05) is 6.07 Å². The van der Waals surface area contributed by atoms with E-state index in [4.69, 9.17) is 9.15 Å². The zero-order chi connectivity index (χ0) is 24.7. The maximum absolute atomic E-state index is 13.6. The summed E-state index contributed by atoms with van der Waals surface area (Å²) in [5.74, 6) is -0.000384. The summed E-state index contributed by atoms with van der Waals surface area (Å²) in [5.41, 5.74) is 5.06. The Morgan fingerprint density at radius 2 is 1.80 bits per heavy atom. The lowest BCUT2D eigenvalue weighted by Crippen LogP contribution is -2.29. The van der Waals surface area contributed by atoms with E-state index in [2.05, 4.69) is 55.2 Å². The zero-order valence-corrected chi connectivity index (χ0v) is 20.2. The number of amides is 1. The predicted molar refractivity (Wildman–Crippen MR) is 132 cm³/mol. The van der Waals surface area contributed by atoms with Gasteiger partial charge < -0.3 is 9.15 Å². The number of esters is 1. The summed E-state index contributed by atoms with van der Waals surface area (Å²) in [6.07, 6.45) is 1.60. The van der Waals surface area contributed by atoms with Crippen LogP contribution in [-0.2, 0) is 10.2 Å². The van der Waals surface area contributed by atoms with Gasteiger partial charge in [0.15, 0.2) is 11.5 Å². The Morgan fingerprint density at radius 3 is 2.40 bits per heavy atom. The Balaban J connectivity index is 1.62. The summed E-state index contributed by atoms with van der Waals surface area (Å²) in [6.45, 7) is 8.57. The van der Waals surface area contributed by atoms with Crippen molar-refractivity contribution < 1.29 is 18.7 Å². The molecule has 7 heteroatoms. The highest BCUT2D eigenvalue weighted by Gasteiger charge is 2.44. The SMILES string of the molecule is CCOC(=O)c1ccc(N2C(=O)c3n[nH]c(-c4ccco4)c3[C@@H]2c2ccc(C(C)(C)C)cc2)cc1. The number of carbonyl (C=O) groups is 2. The second kappa shape index (κ2) is 8.58. The predicted octanol–water partition coefficient (Wildman–Crippen LogP) is 5.89. The highest BCUT2D eigenvalue weighted by Crippen LogP contribution is 2.45. The number of aromatic nitrogens is 2. The second-order valence-corrected chi connectivity index (χ2v) is 9.56. The third kappa shape index (κ3) is 3.93. The Morgan fingerprint density at radius 1 is 1.09 bits per heavy atom. The van der Waals surface area contributed by atoms with E-state index in [0.29, 0.717) is 35.0 Å². The van der Waals surface area contributed by atoms with Gasteiger partial charge in [-0.2, -0.15) is 5.10 Å². The number of carbonyl (C=O) groups excluding carboxylic acids is 2. The van der Waals surface area contributed by atoms with Gasteiger partial charge in [0.1, 0.15) is 5.69 Å². The molecule has 1 N–H and O–H groups in total. The van der Waals surface area contributed by atoms with Crippen molar-refractivity contribution >= 4 is 17.6 Å². The molecule has 0 saturated carbocycles. The normalized spacial score (nSPS) is 15.4. The summed E-state index contributed by atoms with van der Waals surface area (Å²) in [7, 11) is 0. The fourth-order valence-electron chi connectivity index (χ4n) is 4.47. The molecule has 1 atom stereocenters. The maximum Gasteiger partial charge on any atom is 0.338 e. The van der Waals surface area contributed by atoms with Crippen LogP contribution in [0.15, 0.2) is 71.3 Å². The molecular weight excluding hydrogens is 442 g/mol. The van der Waals surface area contributed by atoms with E-state index in [1.165, 1.54) is 5.56 Å². The topological polar surface area (TPSA) is 88.4 Å². The minimum Gasteiger partial charge on any atom is -0.463 e. The molecule has 1 amide bonds. The van der Waals surface area contributed by atoms with E-state index in [9.17, 15) is 9.59 Å². The van der Waals surface area contributed by atoms with Crippen LogP contribution in [0.1, 0.15) is 71.3 Å². The first-order valence-electron chi connectivity index (χ1n) is 11.6. The largest absolute Gasteiger partial charge is 0.463 e. The molecule has 1 aliphatic rings. The van der Waals surface area contributed by atoms with Crippen LogP contribution in [0.2, 0.25) is 0 Å². The van der Waals surface area contributed by atoms with Gasteiger partial charge in [-0.15, -0.1) is 0 Å². The van der Waals surface area contributed by atoms with Crippen LogP contribution in [0.5, 0.6) is 0 Å². The molecule has 2 aromatic carbocycles. The standard InChI is InChI=1S/C28H27N3O4/c1-5-34-27(33)18-10-14-20(15-11-18)31-25(17-8-12-19(13-9-17)28(2,3)4)22-23(21-7-6-16-35-21)29-30-24(22)26(31)32/h6-16,25H,5H2,1-4H3,(H,29,30)/t25-/m0/s1. The molecule has 178 valence electrons. The minimum absolute atomic E-state index is 0.00672. The van der Waals surface area contributed by atoms with Gasteiger partial charge in [-0.3, -0.25) is 14.8 Å². The molecule has 3 heterocycles. The first-order chi connectivity index (χ1) is 16.8. The monoisotopic (exact) mass is 469 g/mol. The number of nitrogens with one attached hydrogen (secondary N) is 1. The quantitative estimate of drug-likeness (QED) is 0.368. The van der Waals surface area contributed by atoms with Crippen LogP contribution in [0.25, 0.3) is 11.5 Å². The molecular formula is C28H27N3O4. The number of anilines is 1. The van der Waals surface area contributed by atoms with Gasteiger partial charge in [-0.25, -0.2) is 4.79 Å². The van der Waals surface area contributed by atoms with Crippen LogP contribution in [0, 0.1) is 0 Å². The Kier molecular flexibility index (Phi) is 5.55. The number of rotatable bonds is 5. The number of aromatic amines is 1. The lowest BCUT2D eigenvalue weighted by atomic mass is 9.85. The van der Waals surface area contributed by atoms with Crippen LogP contribution < -0.4 is 4.90 Å². The molecule has 4 aromatic rings. The number of benzene rings is 2. The van der Waals surface area contributed by atoms with Crippen molar-refractivity contribution in [1.82, 2.24) is 10.2 Å². The molecule has 7 nitrogen and oxygen atoms in total. The third-order valence-electron chi connectivity index (χ3n) is 6.27. The Hall–Kier alpha value is -4.13. The van der Waals surface area contributed by atoms with E-state index < -0.39 is 12.0 Å². The van der Waals surface area contributed by atoms with E-state index in [1.54, 1.807) is 48.4 Å². The van der Waals surface area contributed by atoms with E-state index in [-0.39, 0.29) is 11.3 Å². The van der Waals surface area contributed by atoms with Gasteiger partial charge in [0.2, 0.25) is 0 Å². The first-order valence-corrected chi connectivity index (χ1v) is 11.6. The Labute approximate surface area is 203 Å². The molecule has 0 spiro atoms. The highest BCUT2D eigenvalue weighted by atomic mass is 16.5. The fraction of sp³-hybridized carbons (Fsp3) is 0.250. The Bertz CT molecular complexity index is 1360. The lowest BCUT2D eigenvalue weighted by Gasteiger charge is -2.27. The van der Waals surface area contributed by atoms with Crippen molar-refractivity contribution in [3.63, 3.8) is 0 Å². The molecule has 0 aliphatic carbocycles. The maximum atomic E-state index is 13.6. The van der Waals surface area contributed by atoms with Crippen molar-refractivity contribution in [3.8, 4) is 11.5 Å². The number of hydrogen-bond donors (Lipinski definition) is 1. The number of nitrogens with zero attached hydrogens (tertiary/aromatic N) is 2. The van der Waals surface area contributed by atoms with Crippen molar-refractivity contribution in [2.75, 3.05) is 11.5 Å². The summed E-state index contributed by atoms with van der Waals surface area (Å²) < 4.78 is 10.7. The molecule has 5 rings (SSSR count). The molecule has 2 aromatic heterocycles. The van der Waals surface area contributed by atoms with Gasteiger partial charge in [0.05, 0.1) is 24.5 Å². The fourth-order valence-corrected chi connectivity index (χ4v) is 4.47. The molecule has 1 aliphatic heterocycles. The molecule has 0 radical (unpaired) electrons. The summed E-state index contributed by atoms with van der Waals surface area (Å²) in [4.78, 5) is 27.5. The van der Waals surface area contributed by atoms with Crippen LogP contribution >= 0.6 is 0 Å².